The Labute approximate surface area is 134 Å². The summed E-state index contributed by atoms with van der Waals surface area (Å²) in [4.78, 5) is 4.07. The third-order valence-corrected chi connectivity index (χ3v) is 4.24. The third-order valence-electron chi connectivity index (χ3n) is 2.90. The molecule has 0 bridgehead atoms. The van der Waals surface area contributed by atoms with Gasteiger partial charge in [-0.3, -0.25) is 0 Å². The van der Waals surface area contributed by atoms with Crippen LogP contribution in [0.3, 0.4) is 0 Å². The van der Waals surface area contributed by atoms with Crippen LogP contribution in [0.5, 0.6) is 0 Å². The van der Waals surface area contributed by atoms with Gasteiger partial charge in [-0.05, 0) is 45.0 Å². The Morgan fingerprint density at radius 1 is 1.17 bits per heavy atom. The Bertz CT molecular complexity index is 728. The van der Waals surface area contributed by atoms with Crippen LogP contribution in [0.15, 0.2) is 41.2 Å². The first-order valence-corrected chi connectivity index (χ1v) is 7.86. The largest absolute Gasteiger partial charge is 0.416 e. The van der Waals surface area contributed by atoms with Crippen LogP contribution in [0.1, 0.15) is 32.0 Å². The zero-order valence-corrected chi connectivity index (χ0v) is 13.6. The molecule has 0 amide bonds. The number of imidazole rings is 1. The molecule has 1 aromatic carbocycles. The van der Waals surface area contributed by atoms with Crippen LogP contribution in [-0.2, 0) is 17.2 Å². The van der Waals surface area contributed by atoms with Crippen molar-refractivity contribution in [2.45, 2.75) is 31.7 Å². The minimum atomic E-state index is -4.36. The van der Waals surface area contributed by atoms with Crippen molar-refractivity contribution in [1.29, 1.82) is 0 Å². The predicted octanol–water partition coefficient (Wildman–Crippen LogP) is 3.77. The second kappa shape index (κ2) is 6.27. The van der Waals surface area contributed by atoms with E-state index in [0.717, 1.165) is 12.1 Å². The summed E-state index contributed by atoms with van der Waals surface area (Å²) in [6.45, 7) is 5.42. The second-order valence-corrected chi connectivity index (χ2v) is 7.78. The molecular formula is C15H16F3N3OS. The summed E-state index contributed by atoms with van der Waals surface area (Å²) in [7, 11) is -1.39. The van der Waals surface area contributed by atoms with Gasteiger partial charge in [0.05, 0.1) is 22.9 Å². The maximum Gasteiger partial charge on any atom is 0.416 e. The number of aromatic nitrogens is 2. The quantitative estimate of drug-likeness (QED) is 0.797. The van der Waals surface area contributed by atoms with Crippen LogP contribution in [0, 0.1) is 0 Å². The summed E-state index contributed by atoms with van der Waals surface area (Å²) in [5, 5.41) is 0. The number of alkyl halides is 3. The molecule has 0 N–H and O–H groups in total. The van der Waals surface area contributed by atoms with Gasteiger partial charge in [-0.25, -0.2) is 9.19 Å². The van der Waals surface area contributed by atoms with E-state index in [2.05, 4.69) is 9.38 Å². The van der Waals surface area contributed by atoms with Gasteiger partial charge in [0, 0.05) is 11.9 Å². The lowest BCUT2D eigenvalue weighted by atomic mass is 10.2. The lowest BCUT2D eigenvalue weighted by Crippen LogP contribution is -2.19. The van der Waals surface area contributed by atoms with E-state index in [1.54, 1.807) is 31.5 Å². The molecule has 0 aliphatic heterocycles. The smallest absolute Gasteiger partial charge is 0.306 e. The van der Waals surface area contributed by atoms with Crippen molar-refractivity contribution < 1.29 is 17.4 Å². The molecule has 0 aliphatic carbocycles. The first kappa shape index (κ1) is 17.4. The molecule has 0 saturated carbocycles. The number of rotatable bonds is 3. The van der Waals surface area contributed by atoms with E-state index in [1.807, 2.05) is 0 Å². The van der Waals surface area contributed by atoms with Crippen LogP contribution in [0.4, 0.5) is 13.2 Å². The van der Waals surface area contributed by atoms with Gasteiger partial charge in [-0.1, -0.05) is 0 Å². The Balaban J connectivity index is 2.16. The lowest BCUT2D eigenvalue weighted by molar-refractivity contribution is -0.137. The first-order chi connectivity index (χ1) is 10.6. The number of nitrogens with zero attached hydrogens (tertiary/aromatic N) is 3. The van der Waals surface area contributed by atoms with Gasteiger partial charge in [-0.2, -0.15) is 17.6 Å². The number of hydrogen-bond acceptors (Lipinski definition) is 2. The molecule has 4 nitrogen and oxygen atoms in total. The monoisotopic (exact) mass is 343 g/mol. The van der Waals surface area contributed by atoms with E-state index in [1.165, 1.54) is 24.7 Å². The molecule has 0 aliphatic rings. The molecule has 23 heavy (non-hydrogen) atoms. The molecule has 1 aromatic heterocycles. The topological polar surface area (TPSA) is 47.2 Å². The standard InChI is InChI=1S/C15H16F3N3OS/c1-14(2,3)23(22)20-8-12-9-21(10-19-12)13-6-4-11(5-7-13)15(16,17)18/h4-10H,1-3H3/t23-/m0/s1. The third kappa shape index (κ3) is 4.51. The minimum absolute atomic E-state index is 0.466. The summed E-state index contributed by atoms with van der Waals surface area (Å²) >= 11 is 0. The highest BCUT2D eigenvalue weighted by Gasteiger charge is 2.30. The Morgan fingerprint density at radius 3 is 2.30 bits per heavy atom. The van der Waals surface area contributed by atoms with Gasteiger partial charge < -0.3 is 4.57 Å². The van der Waals surface area contributed by atoms with Gasteiger partial charge in [-0.15, -0.1) is 0 Å². The van der Waals surface area contributed by atoms with Crippen LogP contribution < -0.4 is 0 Å². The summed E-state index contributed by atoms with van der Waals surface area (Å²) in [5.41, 5.74) is 0.313. The van der Waals surface area contributed by atoms with Crippen molar-refractivity contribution in [2.24, 2.45) is 4.40 Å². The van der Waals surface area contributed by atoms with Crippen molar-refractivity contribution in [3.63, 3.8) is 0 Å². The maximum absolute atomic E-state index is 12.5. The summed E-state index contributed by atoms with van der Waals surface area (Å²) in [5.74, 6) is 0. The summed E-state index contributed by atoms with van der Waals surface area (Å²) < 4.78 is 54.5. The highest BCUT2D eigenvalue weighted by Crippen LogP contribution is 2.29. The van der Waals surface area contributed by atoms with E-state index in [4.69, 9.17) is 0 Å². The van der Waals surface area contributed by atoms with E-state index in [-0.39, 0.29) is 0 Å². The minimum Gasteiger partial charge on any atom is -0.306 e. The average Bonchev–Trinajstić information content (AvgIpc) is 2.91. The van der Waals surface area contributed by atoms with Crippen LogP contribution in [0.25, 0.3) is 5.69 Å². The maximum atomic E-state index is 12.5. The predicted molar refractivity (Wildman–Crippen MR) is 84.1 cm³/mol. The summed E-state index contributed by atoms with van der Waals surface area (Å²) in [6, 6.07) is 4.74. The van der Waals surface area contributed by atoms with E-state index < -0.39 is 27.5 Å². The zero-order valence-electron chi connectivity index (χ0n) is 12.8. The molecule has 2 aromatic rings. The fourth-order valence-corrected chi connectivity index (χ4v) is 2.15. The lowest BCUT2D eigenvalue weighted by Gasteiger charge is -2.12. The molecule has 2 rings (SSSR count). The normalized spacial score (nSPS) is 14.3. The molecule has 1 heterocycles. The van der Waals surface area contributed by atoms with Crippen molar-refractivity contribution in [3.05, 3.63) is 48.0 Å². The van der Waals surface area contributed by atoms with Gasteiger partial charge >= 0.3 is 6.18 Å². The molecule has 1 atom stereocenters. The van der Waals surface area contributed by atoms with Crippen molar-refractivity contribution >= 4 is 17.2 Å². The van der Waals surface area contributed by atoms with Gasteiger partial charge in [0.25, 0.3) is 0 Å². The van der Waals surface area contributed by atoms with E-state index >= 15 is 0 Å². The Hall–Kier alpha value is -1.96. The number of hydrogen-bond donors (Lipinski definition) is 0. The van der Waals surface area contributed by atoms with Crippen molar-refractivity contribution in [2.75, 3.05) is 0 Å². The van der Waals surface area contributed by atoms with Crippen LogP contribution in [0.2, 0.25) is 0 Å². The molecule has 124 valence electrons. The Kier molecular flexibility index (Phi) is 4.74. The van der Waals surface area contributed by atoms with Crippen LogP contribution in [-0.4, -0.2) is 24.7 Å². The Morgan fingerprint density at radius 2 is 1.78 bits per heavy atom. The van der Waals surface area contributed by atoms with E-state index in [0.29, 0.717) is 11.4 Å². The summed E-state index contributed by atoms with van der Waals surface area (Å²) in [6.07, 6.45) is 0.0974. The fourth-order valence-electron chi connectivity index (χ4n) is 1.63. The first-order valence-electron chi connectivity index (χ1n) is 6.75. The molecule has 0 spiro atoms. The molecule has 0 saturated heterocycles. The molecule has 0 radical (unpaired) electrons. The van der Waals surface area contributed by atoms with E-state index in [9.17, 15) is 17.4 Å². The highest BCUT2D eigenvalue weighted by molar-refractivity contribution is 7.85. The highest BCUT2D eigenvalue weighted by atomic mass is 32.2. The molecular weight excluding hydrogens is 327 g/mol. The van der Waals surface area contributed by atoms with Gasteiger partial charge in [0.15, 0.2) is 0 Å². The van der Waals surface area contributed by atoms with Gasteiger partial charge in [0.2, 0.25) is 0 Å². The SMILES string of the molecule is CC(C)(C)[S@](=O)N=Cc1cn(-c2ccc(C(F)(F)F)cc2)cn1. The van der Waals surface area contributed by atoms with Gasteiger partial charge in [0.1, 0.15) is 16.7 Å². The second-order valence-electron chi connectivity index (χ2n) is 5.85. The van der Waals surface area contributed by atoms with Crippen molar-refractivity contribution in [1.82, 2.24) is 9.55 Å². The van der Waals surface area contributed by atoms with Crippen LogP contribution >= 0.6 is 0 Å². The number of halogens is 3. The zero-order chi connectivity index (χ0) is 17.3. The van der Waals surface area contributed by atoms with Crippen molar-refractivity contribution in [3.8, 4) is 5.69 Å². The number of benzene rings is 1. The molecule has 0 unspecified atom stereocenters. The average molecular weight is 343 g/mol. The molecule has 0 fully saturated rings. The molecule has 8 heteroatoms. The fraction of sp³-hybridized carbons (Fsp3) is 0.333.